The fraction of sp³-hybridized carbons (Fsp3) is 1.00. The molecule has 0 N–H and O–H groups in total. The molecule has 0 aromatic rings. The van der Waals surface area contributed by atoms with Crippen LogP contribution in [0.4, 0.5) is 0 Å². The molecule has 6 heteroatoms. The zero-order valence-corrected chi connectivity index (χ0v) is 18.0. The number of unbranched alkanes of at least 4 members (excludes halogenated alkanes) is 15. The van der Waals surface area contributed by atoms with Crippen LogP contribution in [0.5, 0.6) is 0 Å². The van der Waals surface area contributed by atoms with Crippen molar-refractivity contribution in [2.75, 3.05) is 13.2 Å². The van der Waals surface area contributed by atoms with Crippen LogP contribution in [-0.4, -0.2) is 21.6 Å². The predicted molar refractivity (Wildman–Crippen MR) is 107 cm³/mol. The van der Waals surface area contributed by atoms with Gasteiger partial charge in [-0.3, -0.25) is 0 Å². The second-order valence-electron chi connectivity index (χ2n) is 7.01. The predicted octanol–water partition coefficient (Wildman–Crippen LogP) is 6.48. The molecule has 0 saturated heterocycles. The molecule has 5 nitrogen and oxygen atoms in total. The first kappa shape index (κ1) is 25.8. The van der Waals surface area contributed by atoms with E-state index in [1.807, 2.05) is 0 Å². The summed E-state index contributed by atoms with van der Waals surface area (Å²) in [5.41, 5.74) is 0. The largest absolute Gasteiger partial charge is 0.426 e. The van der Waals surface area contributed by atoms with Gasteiger partial charge in [0.25, 0.3) is 0 Å². The summed E-state index contributed by atoms with van der Waals surface area (Å²) in [4.78, 5) is 4.66. The van der Waals surface area contributed by atoms with E-state index in [0.717, 1.165) is 12.8 Å². The third kappa shape index (κ3) is 20.1. The highest BCUT2D eigenvalue weighted by molar-refractivity contribution is 7.81. The molecular weight excluding hydrogens is 352 g/mol. The van der Waals surface area contributed by atoms with Crippen LogP contribution < -0.4 is 0 Å². The molecule has 26 heavy (non-hydrogen) atoms. The van der Waals surface area contributed by atoms with Crippen molar-refractivity contribution in [2.24, 2.45) is 0 Å². The van der Waals surface area contributed by atoms with Gasteiger partial charge in [-0.1, -0.05) is 108 Å². The highest BCUT2D eigenvalue weighted by Crippen LogP contribution is 2.13. The molecule has 0 amide bonds. The summed E-state index contributed by atoms with van der Waals surface area (Å²) >= 11 is 0. The second-order valence-corrected chi connectivity index (χ2v) is 8.20. The molecule has 0 aliphatic carbocycles. The average Bonchev–Trinajstić information content (AvgIpc) is 2.60. The molecule has 0 unspecified atom stereocenters. The van der Waals surface area contributed by atoms with Crippen molar-refractivity contribution in [1.29, 1.82) is 0 Å². The van der Waals surface area contributed by atoms with Gasteiger partial charge >= 0.3 is 10.4 Å². The second kappa shape index (κ2) is 19.6. The lowest BCUT2D eigenvalue weighted by atomic mass is 10.0. The molecule has 0 aromatic carbocycles. The molecule has 0 bridgehead atoms. The highest BCUT2D eigenvalue weighted by atomic mass is 32.3. The van der Waals surface area contributed by atoms with E-state index in [4.69, 9.17) is 0 Å². The van der Waals surface area contributed by atoms with Crippen LogP contribution in [0.15, 0.2) is 0 Å². The molecule has 0 aromatic heterocycles. The standard InChI is InChI=1S/C20H42O5S/c1-3-5-6-7-8-9-10-11-12-13-14-15-16-17-18-19-20-23-25-26(21,22)24-4-2/h3-20H2,1-2H3. The summed E-state index contributed by atoms with van der Waals surface area (Å²) in [7, 11) is -3.98. The van der Waals surface area contributed by atoms with E-state index >= 15 is 0 Å². The monoisotopic (exact) mass is 394 g/mol. The minimum atomic E-state index is -3.98. The number of hydrogen-bond donors (Lipinski definition) is 0. The average molecular weight is 395 g/mol. The Morgan fingerprint density at radius 1 is 0.577 bits per heavy atom. The Hall–Kier alpha value is -0.170. The van der Waals surface area contributed by atoms with Gasteiger partial charge in [-0.25, -0.2) is 9.07 Å². The van der Waals surface area contributed by atoms with Gasteiger partial charge in [0.2, 0.25) is 0 Å². The Bertz CT molecular complexity index is 370. The molecule has 0 radical (unpaired) electrons. The Kier molecular flexibility index (Phi) is 19.5. The quantitative estimate of drug-likeness (QED) is 0.127. The summed E-state index contributed by atoms with van der Waals surface area (Å²) < 4.78 is 30.7. The van der Waals surface area contributed by atoms with Gasteiger partial charge in [0, 0.05) is 0 Å². The number of hydrogen-bond acceptors (Lipinski definition) is 5. The van der Waals surface area contributed by atoms with Gasteiger partial charge < -0.3 is 0 Å². The summed E-state index contributed by atoms with van der Waals surface area (Å²) in [5.74, 6) is 0. The molecule has 0 rings (SSSR count). The van der Waals surface area contributed by atoms with Gasteiger partial charge in [0.05, 0.1) is 13.2 Å². The van der Waals surface area contributed by atoms with Gasteiger partial charge in [-0.15, -0.1) is 0 Å². The lowest BCUT2D eigenvalue weighted by Crippen LogP contribution is -2.11. The molecule has 0 aliphatic rings. The molecule has 0 heterocycles. The first-order chi connectivity index (χ1) is 12.6. The van der Waals surface area contributed by atoms with E-state index in [9.17, 15) is 8.42 Å². The summed E-state index contributed by atoms with van der Waals surface area (Å²) in [6.45, 7) is 4.18. The number of rotatable bonds is 21. The van der Waals surface area contributed by atoms with E-state index < -0.39 is 10.4 Å². The van der Waals surface area contributed by atoms with Gasteiger partial charge in [0.1, 0.15) is 0 Å². The van der Waals surface area contributed by atoms with Crippen molar-refractivity contribution in [3.8, 4) is 0 Å². The van der Waals surface area contributed by atoms with Gasteiger partial charge in [-0.2, -0.15) is 8.42 Å². The summed E-state index contributed by atoms with van der Waals surface area (Å²) in [6, 6.07) is 0. The SMILES string of the molecule is CCCCCCCCCCCCCCCCCCOOS(=O)(=O)OCC. The van der Waals surface area contributed by atoms with Crippen molar-refractivity contribution in [3.05, 3.63) is 0 Å². The molecule has 0 saturated carbocycles. The fourth-order valence-electron chi connectivity index (χ4n) is 2.97. The minimum absolute atomic E-state index is 0.0464. The third-order valence-electron chi connectivity index (χ3n) is 4.47. The molecule has 158 valence electrons. The van der Waals surface area contributed by atoms with E-state index in [1.54, 1.807) is 6.92 Å². The molecule has 0 spiro atoms. The maximum Gasteiger partial charge on any atom is 0.426 e. The maximum atomic E-state index is 11.0. The molecule has 0 atom stereocenters. The van der Waals surface area contributed by atoms with Gasteiger partial charge in [-0.05, 0) is 13.3 Å². The topological polar surface area (TPSA) is 61.8 Å². The van der Waals surface area contributed by atoms with Crippen LogP contribution in [0, 0.1) is 0 Å². The van der Waals surface area contributed by atoms with Crippen molar-refractivity contribution >= 4 is 10.4 Å². The van der Waals surface area contributed by atoms with Gasteiger partial charge in [0.15, 0.2) is 0 Å². The Morgan fingerprint density at radius 2 is 0.962 bits per heavy atom. The van der Waals surface area contributed by atoms with Crippen molar-refractivity contribution in [1.82, 2.24) is 0 Å². The first-order valence-electron chi connectivity index (χ1n) is 10.8. The molecule has 0 aliphatic heterocycles. The lowest BCUT2D eigenvalue weighted by Gasteiger charge is -2.04. The third-order valence-corrected chi connectivity index (χ3v) is 5.26. The van der Waals surface area contributed by atoms with Crippen LogP contribution in [0.3, 0.4) is 0 Å². The van der Waals surface area contributed by atoms with Crippen molar-refractivity contribution in [3.63, 3.8) is 0 Å². The van der Waals surface area contributed by atoms with E-state index in [-0.39, 0.29) is 13.2 Å². The first-order valence-corrected chi connectivity index (χ1v) is 12.2. The molecule has 0 fully saturated rings. The van der Waals surface area contributed by atoms with Crippen molar-refractivity contribution in [2.45, 2.75) is 117 Å². The Morgan fingerprint density at radius 3 is 1.35 bits per heavy atom. The summed E-state index contributed by atoms with van der Waals surface area (Å²) in [5, 5.41) is 0. The van der Waals surface area contributed by atoms with Crippen LogP contribution in [-0.2, 0) is 23.8 Å². The van der Waals surface area contributed by atoms with Crippen molar-refractivity contribution < 1.29 is 21.8 Å². The zero-order valence-electron chi connectivity index (χ0n) is 17.2. The lowest BCUT2D eigenvalue weighted by molar-refractivity contribution is -0.210. The smallest absolute Gasteiger partial charge is 0.247 e. The van der Waals surface area contributed by atoms with E-state index in [0.29, 0.717) is 0 Å². The minimum Gasteiger partial charge on any atom is -0.247 e. The fourth-order valence-corrected chi connectivity index (χ4v) is 3.48. The van der Waals surface area contributed by atoms with Crippen LogP contribution in [0.2, 0.25) is 0 Å². The summed E-state index contributed by atoms with van der Waals surface area (Å²) in [6.07, 6.45) is 20.9. The van der Waals surface area contributed by atoms with E-state index in [2.05, 4.69) is 20.3 Å². The zero-order chi connectivity index (χ0) is 19.3. The van der Waals surface area contributed by atoms with Crippen LogP contribution in [0.1, 0.15) is 117 Å². The molecular formula is C20H42O5S. The van der Waals surface area contributed by atoms with E-state index in [1.165, 1.54) is 89.9 Å². The Balaban J connectivity index is 3.11. The Labute approximate surface area is 162 Å². The van der Waals surface area contributed by atoms with Crippen LogP contribution >= 0.6 is 0 Å². The normalized spacial score (nSPS) is 11.9. The maximum absolute atomic E-state index is 11.0. The highest BCUT2D eigenvalue weighted by Gasteiger charge is 2.11. The van der Waals surface area contributed by atoms with Crippen LogP contribution in [0.25, 0.3) is 0 Å².